The van der Waals surface area contributed by atoms with Gasteiger partial charge in [0.2, 0.25) is 0 Å². The molecule has 1 aliphatic rings. The van der Waals surface area contributed by atoms with Crippen LogP contribution in [0.25, 0.3) is 0 Å². The Labute approximate surface area is 96.9 Å². The Kier molecular flexibility index (Phi) is 4.47. The standard InChI is InChI=1S/C12H21NO3/c1-12(2,3)16-11(15)10(9-14)8-13-6-4-5-7-13/h9-10H,4-8H2,1-3H3. The van der Waals surface area contributed by atoms with E-state index in [0.29, 0.717) is 12.8 Å². The Morgan fingerprint density at radius 2 is 1.94 bits per heavy atom. The first-order chi connectivity index (χ1) is 7.42. The smallest absolute Gasteiger partial charge is 0.318 e. The van der Waals surface area contributed by atoms with Crippen LogP contribution in [0.3, 0.4) is 0 Å². The van der Waals surface area contributed by atoms with Gasteiger partial charge in [0, 0.05) is 6.54 Å². The third-order valence-corrected chi connectivity index (χ3v) is 2.53. The van der Waals surface area contributed by atoms with Crippen LogP contribution in [0.4, 0.5) is 0 Å². The van der Waals surface area contributed by atoms with Crippen LogP contribution in [-0.2, 0) is 14.3 Å². The molecule has 1 unspecified atom stereocenters. The summed E-state index contributed by atoms with van der Waals surface area (Å²) in [7, 11) is 0. The third-order valence-electron chi connectivity index (χ3n) is 2.53. The van der Waals surface area contributed by atoms with E-state index >= 15 is 0 Å². The third kappa shape index (κ3) is 4.31. The predicted octanol–water partition coefficient (Wildman–Crippen LogP) is 1.24. The lowest BCUT2D eigenvalue weighted by molar-refractivity contribution is -0.160. The van der Waals surface area contributed by atoms with Crippen molar-refractivity contribution in [1.29, 1.82) is 0 Å². The lowest BCUT2D eigenvalue weighted by Crippen LogP contribution is -2.36. The summed E-state index contributed by atoms with van der Waals surface area (Å²) in [5, 5.41) is 0. The number of likely N-dealkylation sites (tertiary alicyclic amines) is 1. The molecule has 16 heavy (non-hydrogen) atoms. The maximum absolute atomic E-state index is 11.7. The zero-order chi connectivity index (χ0) is 12.2. The number of nitrogens with zero attached hydrogens (tertiary/aromatic N) is 1. The van der Waals surface area contributed by atoms with Crippen molar-refractivity contribution in [3.05, 3.63) is 0 Å². The quantitative estimate of drug-likeness (QED) is 0.412. The summed E-state index contributed by atoms with van der Waals surface area (Å²) in [4.78, 5) is 24.7. The first kappa shape index (κ1) is 13.2. The van der Waals surface area contributed by atoms with Gasteiger partial charge in [-0.1, -0.05) is 0 Å². The van der Waals surface area contributed by atoms with Crippen molar-refractivity contribution in [3.8, 4) is 0 Å². The number of hydrogen-bond acceptors (Lipinski definition) is 4. The SMILES string of the molecule is CC(C)(C)OC(=O)C(C=O)CN1CCCC1. The van der Waals surface area contributed by atoms with Crippen LogP contribution in [0.2, 0.25) is 0 Å². The van der Waals surface area contributed by atoms with Gasteiger partial charge in [0.15, 0.2) is 0 Å². The van der Waals surface area contributed by atoms with Crippen LogP contribution in [-0.4, -0.2) is 42.4 Å². The Hall–Kier alpha value is -0.900. The van der Waals surface area contributed by atoms with Gasteiger partial charge in [-0.15, -0.1) is 0 Å². The molecule has 0 amide bonds. The van der Waals surface area contributed by atoms with Crippen LogP contribution < -0.4 is 0 Å². The molecule has 0 radical (unpaired) electrons. The minimum absolute atomic E-state index is 0.408. The zero-order valence-electron chi connectivity index (χ0n) is 10.4. The van der Waals surface area contributed by atoms with Crippen molar-refractivity contribution < 1.29 is 14.3 Å². The van der Waals surface area contributed by atoms with E-state index in [2.05, 4.69) is 4.90 Å². The second-order valence-electron chi connectivity index (χ2n) is 5.28. The molecular weight excluding hydrogens is 206 g/mol. The van der Waals surface area contributed by atoms with Gasteiger partial charge in [-0.2, -0.15) is 0 Å². The number of hydrogen-bond donors (Lipinski definition) is 0. The molecule has 0 bridgehead atoms. The molecule has 0 aliphatic carbocycles. The Balaban J connectivity index is 2.46. The Morgan fingerprint density at radius 3 is 2.38 bits per heavy atom. The molecule has 92 valence electrons. The van der Waals surface area contributed by atoms with E-state index in [1.165, 1.54) is 0 Å². The highest BCUT2D eigenvalue weighted by atomic mass is 16.6. The highest BCUT2D eigenvalue weighted by molar-refractivity contribution is 5.88. The van der Waals surface area contributed by atoms with Crippen molar-refractivity contribution >= 4 is 12.3 Å². The number of esters is 1. The predicted molar refractivity (Wildman–Crippen MR) is 61.1 cm³/mol. The average Bonchev–Trinajstić information content (AvgIpc) is 2.63. The van der Waals surface area contributed by atoms with Gasteiger partial charge in [0.05, 0.1) is 0 Å². The highest BCUT2D eigenvalue weighted by Gasteiger charge is 2.27. The second kappa shape index (κ2) is 5.43. The lowest BCUT2D eigenvalue weighted by atomic mass is 10.1. The summed E-state index contributed by atoms with van der Waals surface area (Å²) in [6.45, 7) is 7.88. The number of rotatable bonds is 4. The molecule has 1 heterocycles. The first-order valence-corrected chi connectivity index (χ1v) is 5.83. The van der Waals surface area contributed by atoms with Crippen LogP contribution in [0.5, 0.6) is 0 Å². The molecule has 1 saturated heterocycles. The second-order valence-corrected chi connectivity index (χ2v) is 5.28. The molecule has 0 spiro atoms. The Bertz CT molecular complexity index is 251. The van der Waals surface area contributed by atoms with Crippen LogP contribution in [0, 0.1) is 5.92 Å². The van der Waals surface area contributed by atoms with Crippen molar-refractivity contribution in [1.82, 2.24) is 4.90 Å². The van der Waals surface area contributed by atoms with E-state index < -0.39 is 17.5 Å². The van der Waals surface area contributed by atoms with Crippen molar-refractivity contribution in [2.75, 3.05) is 19.6 Å². The highest BCUT2D eigenvalue weighted by Crippen LogP contribution is 2.14. The van der Waals surface area contributed by atoms with Crippen molar-refractivity contribution in [2.45, 2.75) is 39.2 Å². The number of carbonyl (C=O) groups is 2. The fourth-order valence-corrected chi connectivity index (χ4v) is 1.79. The normalized spacial score (nSPS) is 19.4. The van der Waals surface area contributed by atoms with E-state index in [1.807, 2.05) is 20.8 Å². The summed E-state index contributed by atoms with van der Waals surface area (Å²) in [6.07, 6.45) is 3.01. The average molecular weight is 227 g/mol. The number of aldehydes is 1. The monoisotopic (exact) mass is 227 g/mol. The molecule has 1 aliphatic heterocycles. The number of ether oxygens (including phenoxy) is 1. The molecule has 4 nitrogen and oxygen atoms in total. The van der Waals surface area contributed by atoms with Crippen molar-refractivity contribution in [3.63, 3.8) is 0 Å². The molecule has 0 saturated carbocycles. The van der Waals surface area contributed by atoms with Gasteiger partial charge in [-0.25, -0.2) is 0 Å². The molecule has 1 atom stereocenters. The van der Waals surface area contributed by atoms with Crippen LogP contribution in [0.15, 0.2) is 0 Å². The fraction of sp³-hybridized carbons (Fsp3) is 0.833. The largest absolute Gasteiger partial charge is 0.459 e. The van der Waals surface area contributed by atoms with Gasteiger partial charge in [-0.3, -0.25) is 4.79 Å². The first-order valence-electron chi connectivity index (χ1n) is 5.83. The van der Waals surface area contributed by atoms with E-state index in [4.69, 9.17) is 4.74 Å². The Morgan fingerprint density at radius 1 is 1.38 bits per heavy atom. The minimum atomic E-state index is -0.641. The van der Waals surface area contributed by atoms with Crippen LogP contribution >= 0.6 is 0 Å². The molecule has 0 N–H and O–H groups in total. The van der Waals surface area contributed by atoms with Gasteiger partial charge in [-0.05, 0) is 46.7 Å². The lowest BCUT2D eigenvalue weighted by Gasteiger charge is -2.24. The van der Waals surface area contributed by atoms with Gasteiger partial charge in [0.25, 0.3) is 0 Å². The molecule has 0 aromatic rings. The molecule has 4 heteroatoms. The molecular formula is C12H21NO3. The minimum Gasteiger partial charge on any atom is -0.459 e. The summed E-state index contributed by atoms with van der Waals surface area (Å²) >= 11 is 0. The van der Waals surface area contributed by atoms with Gasteiger partial charge >= 0.3 is 5.97 Å². The fourth-order valence-electron chi connectivity index (χ4n) is 1.79. The van der Waals surface area contributed by atoms with E-state index in [-0.39, 0.29) is 0 Å². The van der Waals surface area contributed by atoms with Crippen LogP contribution in [0.1, 0.15) is 33.6 Å². The summed E-state index contributed by atoms with van der Waals surface area (Å²) < 4.78 is 5.20. The maximum atomic E-state index is 11.7. The summed E-state index contributed by atoms with van der Waals surface area (Å²) in [6, 6.07) is 0. The van der Waals surface area contributed by atoms with E-state index in [9.17, 15) is 9.59 Å². The van der Waals surface area contributed by atoms with Gasteiger partial charge in [0.1, 0.15) is 17.8 Å². The van der Waals surface area contributed by atoms with E-state index in [0.717, 1.165) is 25.9 Å². The molecule has 1 rings (SSSR count). The summed E-state index contributed by atoms with van der Waals surface area (Å²) in [5.41, 5.74) is -0.524. The number of carbonyl (C=O) groups excluding carboxylic acids is 2. The van der Waals surface area contributed by atoms with Crippen molar-refractivity contribution in [2.24, 2.45) is 5.92 Å². The zero-order valence-corrected chi connectivity index (χ0v) is 10.4. The molecule has 0 aromatic heterocycles. The van der Waals surface area contributed by atoms with E-state index in [1.54, 1.807) is 0 Å². The molecule has 0 aromatic carbocycles. The molecule has 1 fully saturated rings. The summed E-state index contributed by atoms with van der Waals surface area (Å²) in [5.74, 6) is -1.05. The maximum Gasteiger partial charge on any atom is 0.318 e. The van der Waals surface area contributed by atoms with Gasteiger partial charge < -0.3 is 14.4 Å². The topological polar surface area (TPSA) is 46.6 Å².